The Morgan fingerprint density at radius 3 is 2.74 bits per heavy atom. The second-order valence-corrected chi connectivity index (χ2v) is 6.69. The van der Waals surface area contributed by atoms with E-state index in [9.17, 15) is 8.42 Å². The number of nitrogens with one attached hydrogen (secondary N) is 2. The van der Waals surface area contributed by atoms with Crippen molar-refractivity contribution in [3.05, 3.63) is 35.5 Å². The number of aromatic amines is 1. The Morgan fingerprint density at radius 1 is 1.26 bits per heavy atom. The minimum absolute atomic E-state index is 0.199. The molecule has 0 fully saturated rings. The number of aromatic nitrogens is 1. The summed E-state index contributed by atoms with van der Waals surface area (Å²) in [6, 6.07) is 7.93. The van der Waals surface area contributed by atoms with Crippen LogP contribution in [-0.4, -0.2) is 19.2 Å². The van der Waals surface area contributed by atoms with Gasteiger partial charge in [-0.05, 0) is 25.0 Å². The van der Waals surface area contributed by atoms with Crippen LogP contribution < -0.4 is 4.72 Å². The number of sulfonamides is 1. The van der Waals surface area contributed by atoms with Crippen LogP contribution in [0.2, 0.25) is 0 Å². The molecule has 1 aromatic carbocycles. The monoisotopic (exact) mass is 280 g/mol. The lowest BCUT2D eigenvalue weighted by Gasteiger charge is -2.06. The maximum Gasteiger partial charge on any atom is 0.211 e. The van der Waals surface area contributed by atoms with Crippen molar-refractivity contribution in [2.45, 2.75) is 33.2 Å². The molecule has 2 N–H and O–H groups in total. The normalized spacial score (nSPS) is 12.1. The Kier molecular flexibility index (Phi) is 4.27. The van der Waals surface area contributed by atoms with E-state index in [1.807, 2.05) is 38.1 Å². The summed E-state index contributed by atoms with van der Waals surface area (Å²) in [6.07, 6.45) is 1.58. The van der Waals surface area contributed by atoms with Gasteiger partial charge in [0.2, 0.25) is 10.0 Å². The van der Waals surface area contributed by atoms with Gasteiger partial charge in [0.25, 0.3) is 0 Å². The van der Waals surface area contributed by atoms with Gasteiger partial charge in [0.15, 0.2) is 0 Å². The van der Waals surface area contributed by atoms with E-state index in [1.165, 1.54) is 0 Å². The molecule has 0 unspecified atom stereocenters. The molecule has 1 aromatic heterocycles. The first-order chi connectivity index (χ1) is 9.03. The summed E-state index contributed by atoms with van der Waals surface area (Å²) in [5.41, 5.74) is 3.08. The van der Waals surface area contributed by atoms with Crippen LogP contribution in [0.5, 0.6) is 0 Å². The summed E-state index contributed by atoms with van der Waals surface area (Å²) in [4.78, 5) is 3.27. The molecule has 1 heterocycles. The highest BCUT2D eigenvalue weighted by Gasteiger charge is 2.12. The van der Waals surface area contributed by atoms with Gasteiger partial charge < -0.3 is 4.98 Å². The van der Waals surface area contributed by atoms with Gasteiger partial charge in [-0.1, -0.05) is 31.5 Å². The van der Waals surface area contributed by atoms with Gasteiger partial charge in [-0.15, -0.1) is 0 Å². The minimum atomic E-state index is -3.17. The zero-order valence-corrected chi connectivity index (χ0v) is 12.2. The van der Waals surface area contributed by atoms with Gasteiger partial charge in [0, 0.05) is 23.1 Å². The van der Waals surface area contributed by atoms with Gasteiger partial charge in [-0.2, -0.15) is 0 Å². The van der Waals surface area contributed by atoms with Crippen LogP contribution in [0.15, 0.2) is 24.3 Å². The molecule has 0 aliphatic heterocycles. The molecule has 2 rings (SSSR count). The number of H-pyrrole nitrogens is 1. The Bertz CT molecular complexity index is 659. The third kappa shape index (κ3) is 3.36. The van der Waals surface area contributed by atoms with Crippen molar-refractivity contribution >= 4 is 20.9 Å². The van der Waals surface area contributed by atoms with E-state index < -0.39 is 10.0 Å². The fraction of sp³-hybridized carbons (Fsp3) is 0.429. The topological polar surface area (TPSA) is 62.0 Å². The smallest absolute Gasteiger partial charge is 0.211 e. The molecule has 0 saturated heterocycles. The van der Waals surface area contributed by atoms with Crippen LogP contribution >= 0.6 is 0 Å². The second-order valence-electron chi connectivity index (χ2n) is 4.77. The molecule has 0 aliphatic carbocycles. The van der Waals surface area contributed by atoms with Gasteiger partial charge in [0.1, 0.15) is 0 Å². The summed E-state index contributed by atoms with van der Waals surface area (Å²) in [6.45, 7) is 4.30. The first kappa shape index (κ1) is 14.1. The number of rotatable bonds is 6. The highest BCUT2D eigenvalue weighted by atomic mass is 32.2. The van der Waals surface area contributed by atoms with Crippen molar-refractivity contribution in [2.75, 3.05) is 5.75 Å². The SMILES string of the molecule is CCCCS(=O)(=O)NCc1c(C)[nH]c2ccccc12. The van der Waals surface area contributed by atoms with Gasteiger partial charge in [-0.3, -0.25) is 0 Å². The second kappa shape index (κ2) is 5.75. The maximum atomic E-state index is 11.8. The van der Waals surface area contributed by atoms with Crippen molar-refractivity contribution in [1.82, 2.24) is 9.71 Å². The molecule has 0 aliphatic rings. The first-order valence-electron chi connectivity index (χ1n) is 6.57. The van der Waals surface area contributed by atoms with E-state index in [1.54, 1.807) is 0 Å². The fourth-order valence-electron chi connectivity index (χ4n) is 2.15. The van der Waals surface area contributed by atoms with Crippen LogP contribution in [0.4, 0.5) is 0 Å². The van der Waals surface area contributed by atoms with E-state index in [-0.39, 0.29) is 5.75 Å². The van der Waals surface area contributed by atoms with Crippen molar-refractivity contribution < 1.29 is 8.42 Å². The number of para-hydroxylation sites is 1. The number of hydrogen-bond donors (Lipinski definition) is 2. The highest BCUT2D eigenvalue weighted by Crippen LogP contribution is 2.21. The molecule has 2 aromatic rings. The van der Waals surface area contributed by atoms with E-state index in [2.05, 4.69) is 9.71 Å². The Balaban J connectivity index is 2.16. The maximum absolute atomic E-state index is 11.8. The van der Waals surface area contributed by atoms with Gasteiger partial charge >= 0.3 is 0 Å². The summed E-state index contributed by atoms with van der Waals surface area (Å²) < 4.78 is 26.3. The third-order valence-corrected chi connectivity index (χ3v) is 4.67. The van der Waals surface area contributed by atoms with E-state index in [0.29, 0.717) is 13.0 Å². The Morgan fingerprint density at radius 2 is 2.00 bits per heavy atom. The summed E-state index contributed by atoms with van der Waals surface area (Å²) in [7, 11) is -3.17. The number of benzene rings is 1. The zero-order chi connectivity index (χ0) is 13.9. The third-order valence-electron chi connectivity index (χ3n) is 3.26. The van der Waals surface area contributed by atoms with Crippen molar-refractivity contribution in [1.29, 1.82) is 0 Å². The van der Waals surface area contributed by atoms with E-state index >= 15 is 0 Å². The molecule has 0 bridgehead atoms. The molecule has 0 radical (unpaired) electrons. The minimum Gasteiger partial charge on any atom is -0.358 e. The lowest BCUT2D eigenvalue weighted by Crippen LogP contribution is -2.26. The fourth-order valence-corrected chi connectivity index (χ4v) is 3.33. The molecule has 0 amide bonds. The molecule has 19 heavy (non-hydrogen) atoms. The van der Waals surface area contributed by atoms with Crippen LogP contribution in [0.3, 0.4) is 0 Å². The lowest BCUT2D eigenvalue weighted by atomic mass is 10.1. The Labute approximate surface area is 114 Å². The average Bonchev–Trinajstić information content (AvgIpc) is 2.70. The van der Waals surface area contributed by atoms with E-state index in [0.717, 1.165) is 28.6 Å². The molecular weight excluding hydrogens is 260 g/mol. The zero-order valence-electron chi connectivity index (χ0n) is 11.4. The predicted octanol–water partition coefficient (Wildman–Crippen LogP) is 2.70. The largest absolute Gasteiger partial charge is 0.358 e. The predicted molar refractivity (Wildman–Crippen MR) is 78.6 cm³/mol. The number of fused-ring (bicyclic) bond motifs is 1. The quantitative estimate of drug-likeness (QED) is 0.854. The van der Waals surface area contributed by atoms with Crippen molar-refractivity contribution in [3.63, 3.8) is 0 Å². The summed E-state index contributed by atoms with van der Waals surface area (Å²) in [5.74, 6) is 0.199. The van der Waals surface area contributed by atoms with Crippen LogP contribution in [-0.2, 0) is 16.6 Å². The highest BCUT2D eigenvalue weighted by molar-refractivity contribution is 7.89. The van der Waals surface area contributed by atoms with Gasteiger partial charge in [-0.25, -0.2) is 13.1 Å². The number of unbranched alkanes of at least 4 members (excludes halogenated alkanes) is 1. The van der Waals surface area contributed by atoms with Crippen LogP contribution in [0.25, 0.3) is 10.9 Å². The molecule has 5 heteroatoms. The molecule has 0 spiro atoms. The average molecular weight is 280 g/mol. The lowest BCUT2D eigenvalue weighted by molar-refractivity contribution is 0.578. The standard InChI is InChI=1S/C14H20N2O2S/c1-3-4-9-19(17,18)15-10-13-11(2)16-14-8-6-5-7-12(13)14/h5-8,15-16H,3-4,9-10H2,1-2H3. The molecule has 0 atom stereocenters. The molecule has 104 valence electrons. The summed E-state index contributed by atoms with van der Waals surface area (Å²) in [5, 5.41) is 1.08. The first-order valence-corrected chi connectivity index (χ1v) is 8.22. The summed E-state index contributed by atoms with van der Waals surface area (Å²) >= 11 is 0. The van der Waals surface area contributed by atoms with Gasteiger partial charge in [0.05, 0.1) is 5.75 Å². The Hall–Kier alpha value is -1.33. The molecule has 4 nitrogen and oxygen atoms in total. The van der Waals surface area contributed by atoms with Crippen molar-refractivity contribution in [2.24, 2.45) is 0 Å². The van der Waals surface area contributed by atoms with Crippen molar-refractivity contribution in [3.8, 4) is 0 Å². The number of hydrogen-bond acceptors (Lipinski definition) is 2. The van der Waals surface area contributed by atoms with Crippen LogP contribution in [0.1, 0.15) is 31.0 Å². The van der Waals surface area contributed by atoms with Crippen LogP contribution in [0, 0.1) is 6.92 Å². The molecular formula is C14H20N2O2S. The number of aryl methyl sites for hydroxylation is 1. The van der Waals surface area contributed by atoms with E-state index in [4.69, 9.17) is 0 Å². The molecule has 0 saturated carbocycles.